The summed E-state index contributed by atoms with van der Waals surface area (Å²) in [5.41, 5.74) is 0.623. The molecule has 0 bridgehead atoms. The summed E-state index contributed by atoms with van der Waals surface area (Å²) in [7, 11) is 0. The maximum Gasteiger partial charge on any atom is 0.167 e. The molecule has 0 saturated carbocycles. The topological polar surface area (TPSA) is 44.0 Å². The molecule has 19 heavy (non-hydrogen) atoms. The molecule has 0 aliphatic rings. The Balaban J connectivity index is 2.61. The number of nitriles is 1. The molecule has 1 N–H and O–H groups in total. The minimum atomic E-state index is -1.16. The second-order valence-corrected chi connectivity index (χ2v) is 4.73. The number of nitrogens with zero attached hydrogens (tertiary/aromatic N) is 1. The van der Waals surface area contributed by atoms with Crippen molar-refractivity contribution in [3.05, 3.63) is 59.1 Å². The van der Waals surface area contributed by atoms with Gasteiger partial charge in [0.05, 0.1) is 11.1 Å². The fourth-order valence-corrected chi connectivity index (χ4v) is 2.80. The van der Waals surface area contributed by atoms with Crippen molar-refractivity contribution in [3.63, 3.8) is 0 Å². The van der Waals surface area contributed by atoms with E-state index in [1.54, 1.807) is 0 Å². The zero-order valence-electron chi connectivity index (χ0n) is 9.97. The number of fused-ring (bicyclic) bond motifs is 2. The molecule has 0 aliphatic carbocycles. The van der Waals surface area contributed by atoms with Crippen molar-refractivity contribution in [2.45, 2.75) is 6.10 Å². The first-order valence-electron chi connectivity index (χ1n) is 5.90. The molecule has 0 heterocycles. The first-order chi connectivity index (χ1) is 9.24. The Morgan fingerprint density at radius 3 is 1.74 bits per heavy atom. The highest BCUT2D eigenvalue weighted by Crippen LogP contribution is 2.38. The average Bonchev–Trinajstić information content (AvgIpc) is 2.47. The molecule has 2 nitrogen and oxygen atoms in total. The minimum Gasteiger partial charge on any atom is -0.374 e. The van der Waals surface area contributed by atoms with E-state index in [2.05, 4.69) is 0 Å². The summed E-state index contributed by atoms with van der Waals surface area (Å²) in [6.07, 6.45) is -1.16. The lowest BCUT2D eigenvalue weighted by Crippen LogP contribution is -1.97. The molecule has 1 atom stereocenters. The van der Waals surface area contributed by atoms with Gasteiger partial charge in [-0.1, -0.05) is 60.1 Å². The first kappa shape index (κ1) is 12.0. The van der Waals surface area contributed by atoms with E-state index < -0.39 is 6.10 Å². The predicted molar refractivity (Wildman–Crippen MR) is 77.0 cm³/mol. The Morgan fingerprint density at radius 1 is 0.895 bits per heavy atom. The third-order valence-corrected chi connectivity index (χ3v) is 3.71. The molecule has 0 radical (unpaired) electrons. The van der Waals surface area contributed by atoms with Gasteiger partial charge in [0.25, 0.3) is 0 Å². The van der Waals surface area contributed by atoms with Crippen LogP contribution < -0.4 is 0 Å². The summed E-state index contributed by atoms with van der Waals surface area (Å²) >= 11 is 6.43. The lowest BCUT2D eigenvalue weighted by Gasteiger charge is -2.14. The number of benzene rings is 3. The lowest BCUT2D eigenvalue weighted by atomic mass is 9.94. The Hall–Kier alpha value is -2.08. The fraction of sp³-hybridized carbons (Fsp3) is 0.0625. The van der Waals surface area contributed by atoms with Gasteiger partial charge in [-0.3, -0.25) is 0 Å². The molecule has 92 valence electrons. The molecule has 3 aromatic carbocycles. The van der Waals surface area contributed by atoms with Crippen LogP contribution in [-0.2, 0) is 0 Å². The molecule has 3 rings (SSSR count). The van der Waals surface area contributed by atoms with Crippen LogP contribution in [0, 0.1) is 11.3 Å². The smallest absolute Gasteiger partial charge is 0.167 e. The highest BCUT2D eigenvalue weighted by Gasteiger charge is 2.17. The molecule has 0 amide bonds. The van der Waals surface area contributed by atoms with Gasteiger partial charge in [-0.15, -0.1) is 0 Å². The molecule has 3 heteroatoms. The van der Waals surface area contributed by atoms with Crippen molar-refractivity contribution < 1.29 is 5.11 Å². The second-order valence-electron chi connectivity index (χ2n) is 4.35. The Morgan fingerprint density at radius 2 is 1.32 bits per heavy atom. The standard InChI is InChI=1S/C16H10ClNO/c17-16-12-7-3-1-5-10(12)15(14(19)9-18)11-6-2-4-8-13(11)16/h1-8,14,19H. The van der Waals surface area contributed by atoms with Crippen molar-refractivity contribution in [1.82, 2.24) is 0 Å². The maximum atomic E-state index is 10.0. The van der Waals surface area contributed by atoms with Gasteiger partial charge < -0.3 is 5.11 Å². The largest absolute Gasteiger partial charge is 0.374 e. The normalized spacial score (nSPS) is 12.5. The minimum absolute atomic E-state index is 0.623. The maximum absolute atomic E-state index is 10.0. The van der Waals surface area contributed by atoms with E-state index in [1.807, 2.05) is 54.6 Å². The van der Waals surface area contributed by atoms with E-state index in [0.29, 0.717) is 10.6 Å². The third-order valence-electron chi connectivity index (χ3n) is 3.30. The van der Waals surface area contributed by atoms with Gasteiger partial charge in [0, 0.05) is 16.3 Å². The molecular formula is C16H10ClNO. The van der Waals surface area contributed by atoms with Crippen LogP contribution in [0.3, 0.4) is 0 Å². The predicted octanol–water partition coefficient (Wildman–Crippen LogP) is 4.20. The van der Waals surface area contributed by atoms with Crippen molar-refractivity contribution in [2.75, 3.05) is 0 Å². The highest BCUT2D eigenvalue weighted by molar-refractivity contribution is 6.41. The van der Waals surface area contributed by atoms with Gasteiger partial charge >= 0.3 is 0 Å². The number of aliphatic hydroxyl groups is 1. The molecule has 0 fully saturated rings. The van der Waals surface area contributed by atoms with Crippen molar-refractivity contribution >= 4 is 33.1 Å². The summed E-state index contributed by atoms with van der Waals surface area (Å²) in [5.74, 6) is 0. The molecule has 0 aromatic heterocycles. The molecule has 0 spiro atoms. The van der Waals surface area contributed by atoms with Gasteiger partial charge in [0.2, 0.25) is 0 Å². The van der Waals surface area contributed by atoms with E-state index >= 15 is 0 Å². The number of rotatable bonds is 1. The Bertz CT molecular complexity index is 763. The monoisotopic (exact) mass is 267 g/mol. The highest BCUT2D eigenvalue weighted by atomic mass is 35.5. The van der Waals surface area contributed by atoms with Gasteiger partial charge in [-0.05, 0) is 10.8 Å². The van der Waals surface area contributed by atoms with Crippen LogP contribution in [-0.4, -0.2) is 5.11 Å². The Labute approximate surface area is 115 Å². The Kier molecular flexibility index (Phi) is 2.87. The fourth-order valence-electron chi connectivity index (χ4n) is 2.47. The van der Waals surface area contributed by atoms with Crippen LogP contribution in [0.25, 0.3) is 21.5 Å². The first-order valence-corrected chi connectivity index (χ1v) is 6.28. The molecule has 0 aliphatic heterocycles. The van der Waals surface area contributed by atoms with Crippen LogP contribution in [0.4, 0.5) is 0 Å². The zero-order chi connectivity index (χ0) is 13.4. The summed E-state index contributed by atoms with van der Waals surface area (Å²) in [6, 6.07) is 17.0. The van der Waals surface area contributed by atoms with Crippen LogP contribution in [0.5, 0.6) is 0 Å². The van der Waals surface area contributed by atoms with Crippen molar-refractivity contribution in [3.8, 4) is 6.07 Å². The van der Waals surface area contributed by atoms with E-state index in [-0.39, 0.29) is 0 Å². The van der Waals surface area contributed by atoms with Gasteiger partial charge in [-0.2, -0.15) is 5.26 Å². The van der Waals surface area contributed by atoms with E-state index in [0.717, 1.165) is 21.5 Å². The SMILES string of the molecule is N#CC(O)c1c2ccccc2c(Cl)c2ccccc12. The number of hydrogen-bond donors (Lipinski definition) is 1. The second kappa shape index (κ2) is 4.55. The van der Waals surface area contributed by atoms with E-state index in [1.165, 1.54) is 0 Å². The van der Waals surface area contributed by atoms with Crippen LogP contribution in [0.15, 0.2) is 48.5 Å². The molecule has 0 saturated heterocycles. The van der Waals surface area contributed by atoms with Gasteiger partial charge in [-0.25, -0.2) is 0 Å². The molecule has 1 unspecified atom stereocenters. The van der Waals surface area contributed by atoms with Crippen LogP contribution in [0.2, 0.25) is 5.02 Å². The van der Waals surface area contributed by atoms with E-state index in [4.69, 9.17) is 16.9 Å². The van der Waals surface area contributed by atoms with Gasteiger partial charge in [0.1, 0.15) is 0 Å². The van der Waals surface area contributed by atoms with Gasteiger partial charge in [0.15, 0.2) is 6.10 Å². The van der Waals surface area contributed by atoms with Crippen LogP contribution >= 0.6 is 11.6 Å². The quantitative estimate of drug-likeness (QED) is 0.530. The zero-order valence-corrected chi connectivity index (χ0v) is 10.7. The lowest BCUT2D eigenvalue weighted by molar-refractivity contribution is 0.239. The van der Waals surface area contributed by atoms with Crippen LogP contribution in [0.1, 0.15) is 11.7 Å². The van der Waals surface area contributed by atoms with Crippen molar-refractivity contribution in [2.24, 2.45) is 0 Å². The summed E-state index contributed by atoms with van der Waals surface area (Å²) < 4.78 is 0. The average molecular weight is 268 g/mol. The third kappa shape index (κ3) is 1.76. The van der Waals surface area contributed by atoms with Crippen molar-refractivity contribution in [1.29, 1.82) is 5.26 Å². The molecule has 3 aromatic rings. The summed E-state index contributed by atoms with van der Waals surface area (Å²) in [5, 5.41) is 23.1. The number of halogens is 1. The summed E-state index contributed by atoms with van der Waals surface area (Å²) in [4.78, 5) is 0. The van der Waals surface area contributed by atoms with E-state index in [9.17, 15) is 5.11 Å². The summed E-state index contributed by atoms with van der Waals surface area (Å²) in [6.45, 7) is 0. The molecular weight excluding hydrogens is 258 g/mol. The number of aliphatic hydroxyl groups excluding tert-OH is 1. The number of hydrogen-bond acceptors (Lipinski definition) is 2.